The lowest BCUT2D eigenvalue weighted by atomic mass is 9.68. The van der Waals surface area contributed by atoms with Gasteiger partial charge in [-0.25, -0.2) is 0 Å². The zero-order valence-electron chi connectivity index (χ0n) is 21.3. The number of nitrogens with two attached hydrogens (primary N) is 1. The number of nitrogens with zero attached hydrogens (tertiary/aromatic N) is 3. The molecular weight excluding hydrogens is 476 g/mol. The summed E-state index contributed by atoms with van der Waals surface area (Å²) in [5, 5.41) is 21.4. The molecule has 0 amide bonds. The smallest absolute Gasteiger partial charge is 0.269 e. The first-order valence-electron chi connectivity index (χ1n) is 11.6. The van der Waals surface area contributed by atoms with Crippen molar-refractivity contribution in [1.82, 2.24) is 0 Å². The Morgan fingerprint density at radius 2 is 1.68 bits per heavy atom. The quantitative estimate of drug-likeness (QED) is 0.442. The zero-order chi connectivity index (χ0) is 27.1. The Labute approximate surface area is 214 Å². The number of ether oxygens (including phenoxy) is 3. The van der Waals surface area contributed by atoms with E-state index in [0.29, 0.717) is 46.2 Å². The molecule has 2 aliphatic rings. The molecule has 4 rings (SSSR count). The third-order valence-electron chi connectivity index (χ3n) is 6.73. The maximum Gasteiger partial charge on any atom is 0.269 e. The lowest BCUT2D eigenvalue weighted by Gasteiger charge is -2.43. The van der Waals surface area contributed by atoms with Crippen LogP contribution in [0.4, 0.5) is 11.4 Å². The van der Waals surface area contributed by atoms with Crippen molar-refractivity contribution in [1.29, 1.82) is 5.26 Å². The van der Waals surface area contributed by atoms with Gasteiger partial charge in [0.2, 0.25) is 5.75 Å². The second-order valence-corrected chi connectivity index (χ2v) is 9.71. The molecule has 0 bridgehead atoms. The molecule has 1 heterocycles. The van der Waals surface area contributed by atoms with Crippen molar-refractivity contribution in [3.8, 4) is 23.3 Å². The molecule has 0 radical (unpaired) electrons. The first-order chi connectivity index (χ1) is 17.6. The minimum absolute atomic E-state index is 0.0839. The summed E-state index contributed by atoms with van der Waals surface area (Å²) in [6.45, 7) is 4.01. The number of hydrogen-bond acceptors (Lipinski definition) is 9. The lowest BCUT2D eigenvalue weighted by Crippen LogP contribution is -2.42. The summed E-state index contributed by atoms with van der Waals surface area (Å²) in [4.78, 5) is 26.1. The molecule has 1 unspecified atom stereocenters. The van der Waals surface area contributed by atoms with Gasteiger partial charge in [0.1, 0.15) is 5.82 Å². The van der Waals surface area contributed by atoms with E-state index >= 15 is 0 Å². The maximum atomic E-state index is 13.7. The van der Waals surface area contributed by atoms with Gasteiger partial charge in [-0.05, 0) is 17.4 Å². The van der Waals surface area contributed by atoms with E-state index in [-0.39, 0.29) is 34.7 Å². The third-order valence-corrected chi connectivity index (χ3v) is 6.73. The molecule has 2 aromatic carbocycles. The number of rotatable bonds is 6. The molecule has 192 valence electrons. The van der Waals surface area contributed by atoms with Gasteiger partial charge in [0.25, 0.3) is 5.69 Å². The minimum Gasteiger partial charge on any atom is -0.493 e. The van der Waals surface area contributed by atoms with E-state index in [1.807, 2.05) is 13.8 Å². The fraction of sp³-hybridized carbons (Fsp3) is 0.333. The number of carbonyl (C=O) groups excluding carboxylic acids is 1. The fourth-order valence-corrected chi connectivity index (χ4v) is 5.12. The Morgan fingerprint density at radius 1 is 1.08 bits per heavy atom. The molecule has 2 N–H and O–H groups in total. The summed E-state index contributed by atoms with van der Waals surface area (Å²) in [5.74, 6) is 0.486. The predicted molar refractivity (Wildman–Crippen MR) is 136 cm³/mol. The van der Waals surface area contributed by atoms with E-state index in [2.05, 4.69) is 6.07 Å². The molecule has 1 aliphatic carbocycles. The number of nitro groups is 1. The van der Waals surface area contributed by atoms with Crippen LogP contribution in [0.5, 0.6) is 17.2 Å². The normalized spacial score (nSPS) is 18.8. The molecule has 0 saturated heterocycles. The van der Waals surface area contributed by atoms with E-state index < -0.39 is 10.8 Å². The van der Waals surface area contributed by atoms with Crippen LogP contribution in [0, 0.1) is 26.9 Å². The number of benzene rings is 2. The van der Waals surface area contributed by atoms with Crippen molar-refractivity contribution in [3.63, 3.8) is 0 Å². The van der Waals surface area contributed by atoms with Crippen molar-refractivity contribution >= 4 is 17.2 Å². The van der Waals surface area contributed by atoms with Crippen LogP contribution in [0.2, 0.25) is 0 Å². The van der Waals surface area contributed by atoms with Crippen molar-refractivity contribution in [2.75, 3.05) is 26.2 Å². The second kappa shape index (κ2) is 9.50. The summed E-state index contributed by atoms with van der Waals surface area (Å²) in [5.41, 5.74) is 8.65. The number of methoxy groups -OCH3 is 3. The molecule has 0 aromatic heterocycles. The summed E-state index contributed by atoms with van der Waals surface area (Å²) in [6, 6.07) is 11.5. The SMILES string of the molecule is COc1cc(N2C(N)=C(C#N)C(c3ccc([N+](=O)[O-])cc3)C3=C2CC(C)(C)CC3=O)cc(OC)c1OC. The standard InChI is InChI=1S/C27H28N4O6/c1-27(2)12-19-24(20(32)13-27)23(15-6-8-16(9-7-15)31(33)34)18(14-28)26(29)30(19)17-10-21(35-3)25(37-5)22(11-17)36-4/h6-11,23H,12-13,29H2,1-5H3. The Bertz CT molecular complexity index is 1360. The first-order valence-corrected chi connectivity index (χ1v) is 11.6. The molecule has 37 heavy (non-hydrogen) atoms. The van der Waals surface area contributed by atoms with Crippen molar-refractivity contribution in [2.45, 2.75) is 32.6 Å². The number of nitro benzene ring substituents is 1. The maximum absolute atomic E-state index is 13.7. The van der Waals surface area contributed by atoms with Crippen LogP contribution in [-0.4, -0.2) is 32.0 Å². The highest BCUT2D eigenvalue weighted by Gasteiger charge is 2.45. The molecule has 1 aliphatic heterocycles. The number of hydrogen-bond donors (Lipinski definition) is 1. The van der Waals surface area contributed by atoms with Gasteiger partial charge in [0, 0.05) is 42.0 Å². The molecule has 0 spiro atoms. The predicted octanol–water partition coefficient (Wildman–Crippen LogP) is 4.56. The number of non-ortho nitro benzene ring substituents is 1. The topological polar surface area (TPSA) is 141 Å². The highest BCUT2D eigenvalue weighted by atomic mass is 16.6. The van der Waals surface area contributed by atoms with Crippen molar-refractivity contribution in [2.24, 2.45) is 11.1 Å². The number of Topliss-reactive ketones (excluding diaryl/α,β-unsaturated/α-hetero) is 1. The largest absolute Gasteiger partial charge is 0.493 e. The highest BCUT2D eigenvalue weighted by Crippen LogP contribution is 2.52. The van der Waals surface area contributed by atoms with Crippen LogP contribution in [0.1, 0.15) is 38.2 Å². The molecule has 10 heteroatoms. The Kier molecular flexibility index (Phi) is 6.57. The number of anilines is 1. The number of carbonyl (C=O) groups is 1. The molecule has 10 nitrogen and oxygen atoms in total. The molecule has 0 saturated carbocycles. The monoisotopic (exact) mass is 504 g/mol. The van der Waals surface area contributed by atoms with Gasteiger partial charge in [-0.1, -0.05) is 26.0 Å². The molecule has 2 aromatic rings. The van der Waals surface area contributed by atoms with Gasteiger partial charge < -0.3 is 19.9 Å². The van der Waals surface area contributed by atoms with Crippen LogP contribution < -0.4 is 24.8 Å². The first kappa shape index (κ1) is 25.6. The highest BCUT2D eigenvalue weighted by molar-refractivity contribution is 6.01. The summed E-state index contributed by atoms with van der Waals surface area (Å²) < 4.78 is 16.5. The molecule has 0 fully saturated rings. The summed E-state index contributed by atoms with van der Waals surface area (Å²) >= 11 is 0. The zero-order valence-corrected chi connectivity index (χ0v) is 21.3. The summed E-state index contributed by atoms with van der Waals surface area (Å²) in [6.07, 6.45) is 0.796. The van der Waals surface area contributed by atoms with Crippen LogP contribution in [0.25, 0.3) is 0 Å². The van der Waals surface area contributed by atoms with E-state index in [1.165, 1.54) is 33.5 Å². The van der Waals surface area contributed by atoms with Gasteiger partial charge in [-0.15, -0.1) is 0 Å². The minimum atomic E-state index is -0.748. The van der Waals surface area contributed by atoms with Gasteiger partial charge >= 0.3 is 0 Å². The Hall–Kier alpha value is -4.52. The average Bonchev–Trinajstić information content (AvgIpc) is 2.86. The van der Waals surface area contributed by atoms with Gasteiger partial charge in [-0.3, -0.25) is 19.8 Å². The van der Waals surface area contributed by atoms with E-state index in [1.54, 1.807) is 29.2 Å². The molecular formula is C27H28N4O6. The van der Waals surface area contributed by atoms with Crippen molar-refractivity contribution in [3.05, 3.63) is 74.7 Å². The van der Waals surface area contributed by atoms with Crippen molar-refractivity contribution < 1.29 is 23.9 Å². The van der Waals surface area contributed by atoms with Gasteiger partial charge in [-0.2, -0.15) is 5.26 Å². The van der Waals surface area contributed by atoms with Crippen LogP contribution in [0.3, 0.4) is 0 Å². The third kappa shape index (κ3) is 4.33. The van der Waals surface area contributed by atoms with Crippen LogP contribution in [0.15, 0.2) is 59.1 Å². The van der Waals surface area contributed by atoms with E-state index in [9.17, 15) is 20.2 Å². The fourth-order valence-electron chi connectivity index (χ4n) is 5.12. The summed E-state index contributed by atoms with van der Waals surface area (Å²) in [7, 11) is 4.50. The molecule has 1 atom stereocenters. The van der Waals surface area contributed by atoms with Gasteiger partial charge in [0.05, 0.1) is 49.5 Å². The number of ketones is 1. The van der Waals surface area contributed by atoms with E-state index in [0.717, 1.165) is 0 Å². The van der Waals surface area contributed by atoms with Crippen LogP contribution in [-0.2, 0) is 4.79 Å². The number of allylic oxidation sites excluding steroid dienone is 3. The second-order valence-electron chi connectivity index (χ2n) is 9.71. The average molecular weight is 505 g/mol. The lowest BCUT2D eigenvalue weighted by molar-refractivity contribution is -0.384. The van der Waals surface area contributed by atoms with E-state index in [4.69, 9.17) is 19.9 Å². The van der Waals surface area contributed by atoms with Crippen LogP contribution >= 0.6 is 0 Å². The number of nitriles is 1. The Morgan fingerprint density at radius 3 is 2.16 bits per heavy atom. The van der Waals surface area contributed by atoms with Gasteiger partial charge in [0.15, 0.2) is 17.3 Å². The Balaban J connectivity index is 2.00.